The summed E-state index contributed by atoms with van der Waals surface area (Å²) in [5.74, 6) is 0. The summed E-state index contributed by atoms with van der Waals surface area (Å²) >= 11 is 0. The molecule has 0 unspecified atom stereocenters. The van der Waals surface area contributed by atoms with Crippen molar-refractivity contribution in [1.82, 2.24) is 0 Å². The predicted molar refractivity (Wildman–Crippen MR) is 216 cm³/mol. The number of furan rings is 1. The van der Waals surface area contributed by atoms with Crippen LogP contribution in [-0.2, 0) is 0 Å². The van der Waals surface area contributed by atoms with Crippen molar-refractivity contribution >= 4 is 88.4 Å². The molecule has 0 radical (unpaired) electrons. The molecular formula is C48H32N2O. The fourth-order valence-electron chi connectivity index (χ4n) is 7.57. The fraction of sp³-hybridized carbons (Fsp3) is 0. The topological polar surface area (TPSA) is 19.6 Å². The summed E-state index contributed by atoms with van der Waals surface area (Å²) in [6, 6.07) is 69.3. The highest BCUT2D eigenvalue weighted by Crippen LogP contribution is 2.49. The smallest absolute Gasteiger partial charge is 0.137 e. The van der Waals surface area contributed by atoms with Gasteiger partial charge in [-0.3, -0.25) is 0 Å². The van der Waals surface area contributed by atoms with Gasteiger partial charge in [-0.15, -0.1) is 0 Å². The molecule has 10 aromatic rings. The highest BCUT2D eigenvalue weighted by atomic mass is 16.3. The van der Waals surface area contributed by atoms with E-state index in [4.69, 9.17) is 4.42 Å². The second-order valence-corrected chi connectivity index (χ2v) is 13.0. The fourth-order valence-corrected chi connectivity index (χ4v) is 7.57. The van der Waals surface area contributed by atoms with Crippen LogP contribution in [0.2, 0.25) is 0 Å². The lowest BCUT2D eigenvalue weighted by atomic mass is 10.0. The van der Waals surface area contributed by atoms with Gasteiger partial charge >= 0.3 is 0 Å². The SMILES string of the molecule is c1ccc(N(c2ccc3ccccc3c2)c2cc3oc4ccc5ccccc5c4c3cc2N(c2ccccc2)c2ccc3ccccc3c2)cc1. The standard InChI is InChI=1S/C48H32N2O/c1-3-18-38(19-4-1)49(40-26-23-33-13-7-9-16-36(33)29-40)44-31-43-47(51-46-28-25-35-15-11-12-22-42(35)48(43)46)32-45(44)50(39-20-5-2-6-21-39)41-27-24-34-14-8-10-17-37(34)30-41/h1-32H. The summed E-state index contributed by atoms with van der Waals surface area (Å²) in [4.78, 5) is 4.76. The van der Waals surface area contributed by atoms with E-state index in [9.17, 15) is 0 Å². The zero-order valence-electron chi connectivity index (χ0n) is 27.8. The summed E-state index contributed by atoms with van der Waals surface area (Å²) < 4.78 is 6.75. The second-order valence-electron chi connectivity index (χ2n) is 13.0. The Morgan fingerprint density at radius 1 is 0.294 bits per heavy atom. The van der Waals surface area contributed by atoms with E-state index in [1.165, 1.54) is 32.3 Å². The predicted octanol–water partition coefficient (Wildman–Crippen LogP) is 14.0. The number of benzene rings is 9. The largest absolute Gasteiger partial charge is 0.456 e. The molecule has 9 aromatic carbocycles. The van der Waals surface area contributed by atoms with E-state index in [-0.39, 0.29) is 0 Å². The molecule has 0 spiro atoms. The summed E-state index contributed by atoms with van der Waals surface area (Å²) in [6.45, 7) is 0. The van der Waals surface area contributed by atoms with Gasteiger partial charge in [-0.05, 0) is 93.0 Å². The maximum atomic E-state index is 6.75. The Balaban J connectivity index is 1.33. The van der Waals surface area contributed by atoms with Gasteiger partial charge in [0.25, 0.3) is 0 Å². The van der Waals surface area contributed by atoms with Crippen molar-refractivity contribution in [3.05, 3.63) is 194 Å². The second kappa shape index (κ2) is 11.9. The van der Waals surface area contributed by atoms with Crippen LogP contribution in [0.4, 0.5) is 34.1 Å². The third kappa shape index (κ3) is 4.98. The Bertz CT molecular complexity index is 2880. The molecule has 1 heterocycles. The lowest BCUT2D eigenvalue weighted by Crippen LogP contribution is -2.17. The van der Waals surface area contributed by atoms with Gasteiger partial charge in [0.05, 0.1) is 11.4 Å². The molecule has 51 heavy (non-hydrogen) atoms. The lowest BCUT2D eigenvalue weighted by Gasteiger charge is -2.33. The highest BCUT2D eigenvalue weighted by Gasteiger charge is 2.25. The average molecular weight is 653 g/mol. The summed E-state index contributed by atoms with van der Waals surface area (Å²) in [6.07, 6.45) is 0. The van der Waals surface area contributed by atoms with Crippen LogP contribution in [0, 0.1) is 0 Å². The molecule has 0 aliphatic heterocycles. The van der Waals surface area contributed by atoms with Gasteiger partial charge in [0, 0.05) is 39.6 Å². The van der Waals surface area contributed by atoms with Crippen LogP contribution in [0.15, 0.2) is 199 Å². The monoisotopic (exact) mass is 652 g/mol. The maximum Gasteiger partial charge on any atom is 0.137 e. The van der Waals surface area contributed by atoms with E-state index < -0.39 is 0 Å². The first kappa shape index (κ1) is 29.1. The quantitative estimate of drug-likeness (QED) is 0.178. The van der Waals surface area contributed by atoms with Crippen LogP contribution < -0.4 is 9.80 Å². The summed E-state index contributed by atoms with van der Waals surface area (Å²) in [5.41, 5.74) is 8.02. The molecule has 0 bridgehead atoms. The molecule has 3 nitrogen and oxygen atoms in total. The van der Waals surface area contributed by atoms with Crippen molar-refractivity contribution in [2.45, 2.75) is 0 Å². The molecule has 0 aliphatic carbocycles. The van der Waals surface area contributed by atoms with Crippen LogP contribution in [0.3, 0.4) is 0 Å². The number of hydrogen-bond acceptors (Lipinski definition) is 3. The maximum absolute atomic E-state index is 6.75. The Hall–Kier alpha value is -6.84. The normalized spacial score (nSPS) is 11.5. The first-order valence-corrected chi connectivity index (χ1v) is 17.3. The van der Waals surface area contributed by atoms with Gasteiger partial charge in [-0.1, -0.05) is 127 Å². The molecular weight excluding hydrogens is 621 g/mol. The van der Waals surface area contributed by atoms with Crippen molar-refractivity contribution in [2.24, 2.45) is 0 Å². The first-order chi connectivity index (χ1) is 25.3. The van der Waals surface area contributed by atoms with Gasteiger partial charge < -0.3 is 14.2 Å². The molecule has 240 valence electrons. The summed E-state index contributed by atoms with van der Waals surface area (Å²) in [5, 5.41) is 9.35. The molecule has 0 amide bonds. The van der Waals surface area contributed by atoms with Crippen molar-refractivity contribution in [3.63, 3.8) is 0 Å². The van der Waals surface area contributed by atoms with Gasteiger partial charge in [-0.25, -0.2) is 0 Å². The van der Waals surface area contributed by atoms with Crippen LogP contribution in [0.1, 0.15) is 0 Å². The van der Waals surface area contributed by atoms with Gasteiger partial charge in [0.2, 0.25) is 0 Å². The lowest BCUT2D eigenvalue weighted by molar-refractivity contribution is 0.669. The molecule has 0 atom stereocenters. The van der Waals surface area contributed by atoms with Crippen molar-refractivity contribution in [2.75, 3.05) is 9.80 Å². The minimum atomic E-state index is 0.841. The molecule has 0 fully saturated rings. The van der Waals surface area contributed by atoms with E-state index in [2.05, 4.69) is 204 Å². The van der Waals surface area contributed by atoms with Crippen LogP contribution in [0.25, 0.3) is 54.3 Å². The number of rotatable bonds is 6. The molecule has 1 aromatic heterocycles. The summed E-state index contributed by atoms with van der Waals surface area (Å²) in [7, 11) is 0. The zero-order valence-corrected chi connectivity index (χ0v) is 27.8. The molecule has 10 rings (SSSR count). The molecule has 0 saturated heterocycles. The first-order valence-electron chi connectivity index (χ1n) is 17.3. The van der Waals surface area contributed by atoms with E-state index in [1.54, 1.807) is 0 Å². The number of anilines is 6. The van der Waals surface area contributed by atoms with Crippen LogP contribution >= 0.6 is 0 Å². The number of hydrogen-bond donors (Lipinski definition) is 0. The Morgan fingerprint density at radius 2 is 0.765 bits per heavy atom. The zero-order chi connectivity index (χ0) is 33.7. The van der Waals surface area contributed by atoms with Gasteiger partial charge in [0.15, 0.2) is 0 Å². The highest BCUT2D eigenvalue weighted by molar-refractivity contribution is 6.20. The third-order valence-corrected chi connectivity index (χ3v) is 9.95. The van der Waals surface area contributed by atoms with Crippen LogP contribution in [-0.4, -0.2) is 0 Å². The van der Waals surface area contributed by atoms with Crippen LogP contribution in [0.5, 0.6) is 0 Å². The van der Waals surface area contributed by atoms with Gasteiger partial charge in [-0.2, -0.15) is 0 Å². The molecule has 0 N–H and O–H groups in total. The molecule has 0 aliphatic rings. The van der Waals surface area contributed by atoms with E-state index in [0.29, 0.717) is 0 Å². The third-order valence-electron chi connectivity index (χ3n) is 9.95. The number of nitrogens with zero attached hydrogens (tertiary/aromatic N) is 2. The van der Waals surface area contributed by atoms with Crippen molar-refractivity contribution in [3.8, 4) is 0 Å². The van der Waals surface area contributed by atoms with E-state index in [0.717, 1.165) is 56.1 Å². The van der Waals surface area contributed by atoms with Crippen molar-refractivity contribution < 1.29 is 4.42 Å². The van der Waals surface area contributed by atoms with E-state index in [1.807, 2.05) is 0 Å². The van der Waals surface area contributed by atoms with E-state index >= 15 is 0 Å². The number of para-hydroxylation sites is 2. The molecule has 0 saturated carbocycles. The Morgan fingerprint density at radius 3 is 1.35 bits per heavy atom. The van der Waals surface area contributed by atoms with Crippen molar-refractivity contribution in [1.29, 1.82) is 0 Å². The molecule has 3 heteroatoms. The Labute approximate surface area is 295 Å². The average Bonchev–Trinajstić information content (AvgIpc) is 3.57. The minimum absolute atomic E-state index is 0.841. The number of fused-ring (bicyclic) bond motifs is 7. The minimum Gasteiger partial charge on any atom is -0.456 e. The van der Waals surface area contributed by atoms with Gasteiger partial charge in [0.1, 0.15) is 11.2 Å². The Kier molecular flexibility index (Phi) is 6.81.